The molecule has 0 spiro atoms. The molecule has 0 radical (unpaired) electrons. The first-order valence-corrected chi connectivity index (χ1v) is 11.0. The lowest BCUT2D eigenvalue weighted by molar-refractivity contribution is -0.123. The summed E-state index contributed by atoms with van der Waals surface area (Å²) in [6.07, 6.45) is 3.30. The first kappa shape index (κ1) is 25.4. The number of benzene rings is 1. The molecule has 2 fully saturated rings. The van der Waals surface area contributed by atoms with Gasteiger partial charge in [-0.25, -0.2) is 0 Å². The van der Waals surface area contributed by atoms with E-state index in [1.807, 2.05) is 42.2 Å². The van der Waals surface area contributed by atoms with Crippen molar-refractivity contribution in [2.24, 2.45) is 16.6 Å². The third-order valence-corrected chi connectivity index (χ3v) is 5.69. The van der Waals surface area contributed by atoms with Crippen molar-refractivity contribution in [3.63, 3.8) is 0 Å². The van der Waals surface area contributed by atoms with Gasteiger partial charge in [0.05, 0.1) is 12.0 Å². The van der Waals surface area contributed by atoms with Gasteiger partial charge >= 0.3 is 0 Å². The number of hydrogen-bond donors (Lipinski definition) is 3. The standard InChI is InChI=1S/C22H34N6O2.HI/c1-2-24-22(25-11-7-13-27-12-6-8-17(15-27)21(23)30)26-18-14-20(29)28(16-18)19-9-4-3-5-10-19;/h3-5,9-10,17-18H,2,6-8,11-16H2,1H3,(H2,23,30)(H2,24,25,26);1H. The Kier molecular flexibility index (Phi) is 10.5. The summed E-state index contributed by atoms with van der Waals surface area (Å²) in [4.78, 5) is 32.7. The molecule has 0 aromatic heterocycles. The van der Waals surface area contributed by atoms with E-state index < -0.39 is 0 Å². The van der Waals surface area contributed by atoms with Crippen LogP contribution in [0.3, 0.4) is 0 Å². The Morgan fingerprint density at radius 2 is 2.03 bits per heavy atom. The van der Waals surface area contributed by atoms with Crippen molar-refractivity contribution >= 4 is 47.4 Å². The number of nitrogens with one attached hydrogen (secondary N) is 2. The van der Waals surface area contributed by atoms with E-state index in [1.165, 1.54) is 0 Å². The normalized spacial score (nSPS) is 22.2. The number of likely N-dealkylation sites (tertiary alicyclic amines) is 1. The molecule has 2 aliphatic heterocycles. The van der Waals surface area contributed by atoms with Crippen LogP contribution in [0.5, 0.6) is 0 Å². The van der Waals surface area contributed by atoms with Crippen LogP contribution < -0.4 is 21.3 Å². The van der Waals surface area contributed by atoms with Gasteiger partial charge in [0, 0.05) is 38.3 Å². The molecule has 2 saturated heterocycles. The summed E-state index contributed by atoms with van der Waals surface area (Å²) in [7, 11) is 0. The summed E-state index contributed by atoms with van der Waals surface area (Å²) < 4.78 is 0. The lowest BCUT2D eigenvalue weighted by Crippen LogP contribution is -2.45. The van der Waals surface area contributed by atoms with Crippen LogP contribution in [0.1, 0.15) is 32.6 Å². The minimum absolute atomic E-state index is 0. The van der Waals surface area contributed by atoms with Crippen LogP contribution in [0.2, 0.25) is 0 Å². The molecule has 4 N–H and O–H groups in total. The van der Waals surface area contributed by atoms with Crippen LogP contribution >= 0.6 is 24.0 Å². The molecule has 2 aliphatic rings. The number of hydrogen-bond acceptors (Lipinski definition) is 4. The molecule has 31 heavy (non-hydrogen) atoms. The third kappa shape index (κ3) is 7.64. The number of halogens is 1. The Morgan fingerprint density at radius 1 is 1.26 bits per heavy atom. The lowest BCUT2D eigenvalue weighted by atomic mass is 9.97. The monoisotopic (exact) mass is 542 g/mol. The summed E-state index contributed by atoms with van der Waals surface area (Å²) in [5.41, 5.74) is 6.40. The second-order valence-corrected chi connectivity index (χ2v) is 8.04. The predicted octanol–water partition coefficient (Wildman–Crippen LogP) is 1.55. The number of carbonyl (C=O) groups excluding carboxylic acids is 2. The maximum absolute atomic E-state index is 12.4. The Labute approximate surface area is 202 Å². The SMILES string of the molecule is CCNC(=NCCCN1CCCC(C(N)=O)C1)NC1CC(=O)N(c2ccccc2)C1.I. The van der Waals surface area contributed by atoms with Crippen LogP contribution in [0.15, 0.2) is 35.3 Å². The number of piperidine rings is 1. The van der Waals surface area contributed by atoms with Crippen molar-refractivity contribution in [1.29, 1.82) is 0 Å². The molecule has 9 heteroatoms. The van der Waals surface area contributed by atoms with Crippen molar-refractivity contribution in [2.45, 2.75) is 38.6 Å². The van der Waals surface area contributed by atoms with Crippen molar-refractivity contribution in [3.05, 3.63) is 30.3 Å². The van der Waals surface area contributed by atoms with Gasteiger partial charge in [0.25, 0.3) is 0 Å². The van der Waals surface area contributed by atoms with E-state index in [4.69, 9.17) is 5.73 Å². The van der Waals surface area contributed by atoms with Gasteiger partial charge in [0.2, 0.25) is 11.8 Å². The van der Waals surface area contributed by atoms with Gasteiger partial charge in [-0.1, -0.05) is 18.2 Å². The number of aliphatic imine (C=N–C) groups is 1. The molecule has 2 amide bonds. The summed E-state index contributed by atoms with van der Waals surface area (Å²) >= 11 is 0. The van der Waals surface area contributed by atoms with Crippen molar-refractivity contribution in [2.75, 3.05) is 44.2 Å². The molecule has 172 valence electrons. The zero-order valence-electron chi connectivity index (χ0n) is 18.3. The third-order valence-electron chi connectivity index (χ3n) is 5.69. The number of rotatable bonds is 8. The number of para-hydroxylation sites is 1. The lowest BCUT2D eigenvalue weighted by Gasteiger charge is -2.30. The molecule has 8 nitrogen and oxygen atoms in total. The average Bonchev–Trinajstić information content (AvgIpc) is 3.12. The number of primary amides is 1. The number of guanidine groups is 1. The zero-order valence-corrected chi connectivity index (χ0v) is 20.6. The highest BCUT2D eigenvalue weighted by Crippen LogP contribution is 2.21. The van der Waals surface area contributed by atoms with E-state index in [0.29, 0.717) is 19.5 Å². The minimum Gasteiger partial charge on any atom is -0.369 e. The zero-order chi connectivity index (χ0) is 21.3. The van der Waals surface area contributed by atoms with E-state index >= 15 is 0 Å². The summed E-state index contributed by atoms with van der Waals surface area (Å²) in [5.74, 6) is 0.670. The summed E-state index contributed by atoms with van der Waals surface area (Å²) in [6, 6.07) is 9.81. The minimum atomic E-state index is -0.188. The van der Waals surface area contributed by atoms with Crippen molar-refractivity contribution < 1.29 is 9.59 Å². The first-order chi connectivity index (χ1) is 14.6. The number of amides is 2. The van der Waals surface area contributed by atoms with Gasteiger partial charge in [-0.05, 0) is 51.4 Å². The van der Waals surface area contributed by atoms with Gasteiger partial charge in [-0.2, -0.15) is 0 Å². The highest BCUT2D eigenvalue weighted by molar-refractivity contribution is 14.0. The van der Waals surface area contributed by atoms with Gasteiger partial charge in [-0.15, -0.1) is 24.0 Å². The molecule has 1 aromatic carbocycles. The van der Waals surface area contributed by atoms with Crippen molar-refractivity contribution in [3.8, 4) is 0 Å². The molecular weight excluding hydrogens is 507 g/mol. The fraction of sp³-hybridized carbons (Fsp3) is 0.591. The van der Waals surface area contributed by atoms with E-state index in [9.17, 15) is 9.59 Å². The largest absolute Gasteiger partial charge is 0.369 e. The Bertz CT molecular complexity index is 745. The number of nitrogens with two attached hydrogens (primary N) is 1. The highest BCUT2D eigenvalue weighted by atomic mass is 127. The van der Waals surface area contributed by atoms with E-state index in [2.05, 4.69) is 20.5 Å². The number of carbonyl (C=O) groups is 2. The molecule has 3 rings (SSSR count). The van der Waals surface area contributed by atoms with Crippen LogP contribution in [0.4, 0.5) is 5.69 Å². The van der Waals surface area contributed by atoms with Crippen LogP contribution in [0, 0.1) is 5.92 Å². The number of anilines is 1. The van der Waals surface area contributed by atoms with Gasteiger partial charge < -0.3 is 26.2 Å². The van der Waals surface area contributed by atoms with Gasteiger partial charge in [-0.3, -0.25) is 14.6 Å². The maximum Gasteiger partial charge on any atom is 0.229 e. The molecule has 2 heterocycles. The van der Waals surface area contributed by atoms with Crippen LogP contribution in [-0.4, -0.2) is 68.0 Å². The Balaban J connectivity index is 0.00000341. The molecule has 0 bridgehead atoms. The van der Waals surface area contributed by atoms with Crippen molar-refractivity contribution in [1.82, 2.24) is 15.5 Å². The van der Waals surface area contributed by atoms with Crippen LogP contribution in [0.25, 0.3) is 0 Å². The second kappa shape index (κ2) is 12.8. The van der Waals surface area contributed by atoms with Gasteiger partial charge in [0.1, 0.15) is 0 Å². The van der Waals surface area contributed by atoms with E-state index in [1.54, 1.807) is 0 Å². The van der Waals surface area contributed by atoms with Crippen LogP contribution in [-0.2, 0) is 9.59 Å². The fourth-order valence-corrected chi connectivity index (χ4v) is 4.15. The smallest absolute Gasteiger partial charge is 0.229 e. The molecule has 0 saturated carbocycles. The predicted molar refractivity (Wildman–Crippen MR) is 135 cm³/mol. The first-order valence-electron chi connectivity index (χ1n) is 11.0. The maximum atomic E-state index is 12.4. The molecular formula is C22H35IN6O2. The van der Waals surface area contributed by atoms with E-state index in [0.717, 1.165) is 57.1 Å². The summed E-state index contributed by atoms with van der Waals surface area (Å²) in [5, 5.41) is 6.68. The van der Waals surface area contributed by atoms with E-state index in [-0.39, 0.29) is 47.8 Å². The molecule has 0 aliphatic carbocycles. The molecule has 2 unspecified atom stereocenters. The fourth-order valence-electron chi connectivity index (χ4n) is 4.15. The Morgan fingerprint density at radius 3 is 2.74 bits per heavy atom. The average molecular weight is 542 g/mol. The summed E-state index contributed by atoms with van der Waals surface area (Å²) in [6.45, 7) is 6.82. The Hall–Kier alpha value is -1.88. The quantitative estimate of drug-likeness (QED) is 0.200. The number of nitrogens with zero attached hydrogens (tertiary/aromatic N) is 3. The molecule has 1 aromatic rings. The second-order valence-electron chi connectivity index (χ2n) is 8.04. The highest BCUT2D eigenvalue weighted by Gasteiger charge is 2.31. The van der Waals surface area contributed by atoms with Gasteiger partial charge in [0.15, 0.2) is 5.96 Å². The topological polar surface area (TPSA) is 103 Å². The molecule has 2 atom stereocenters.